The van der Waals surface area contributed by atoms with E-state index in [-0.39, 0.29) is 17.8 Å². The fourth-order valence-corrected chi connectivity index (χ4v) is 1.93. The Balaban J connectivity index is 1.92. The van der Waals surface area contributed by atoms with Gasteiger partial charge in [-0.3, -0.25) is 4.79 Å². The van der Waals surface area contributed by atoms with E-state index in [0.717, 1.165) is 5.56 Å². The molecular formula is C14H16FNO2. The van der Waals surface area contributed by atoms with Crippen LogP contribution in [0.3, 0.4) is 0 Å². The molecule has 0 aliphatic carbocycles. The summed E-state index contributed by atoms with van der Waals surface area (Å²) in [7, 11) is 0. The highest BCUT2D eigenvalue weighted by Gasteiger charge is 2.19. The Bertz CT molecular complexity index is 434. The third-order valence-corrected chi connectivity index (χ3v) is 3.06. The van der Waals surface area contributed by atoms with Gasteiger partial charge >= 0.3 is 0 Å². The summed E-state index contributed by atoms with van der Waals surface area (Å²) in [6.45, 7) is 1.18. The number of benzene rings is 1. The van der Waals surface area contributed by atoms with Gasteiger partial charge in [-0.1, -0.05) is 12.1 Å². The number of aliphatic hydroxyl groups is 1. The molecule has 4 heteroatoms. The van der Waals surface area contributed by atoms with E-state index in [9.17, 15) is 14.3 Å². The number of piperidine rings is 1. The summed E-state index contributed by atoms with van der Waals surface area (Å²) < 4.78 is 12.7. The van der Waals surface area contributed by atoms with Gasteiger partial charge in [-0.15, -0.1) is 0 Å². The molecule has 0 atom stereocenters. The lowest BCUT2D eigenvalue weighted by molar-refractivity contribution is -0.127. The predicted octanol–water partition coefficient (Wildman–Crippen LogP) is 1.82. The van der Waals surface area contributed by atoms with Gasteiger partial charge in [0.15, 0.2) is 0 Å². The summed E-state index contributed by atoms with van der Waals surface area (Å²) in [5.74, 6) is -0.352. The van der Waals surface area contributed by atoms with Gasteiger partial charge in [0.2, 0.25) is 5.91 Å². The lowest BCUT2D eigenvalue weighted by Crippen LogP contribution is -2.39. The van der Waals surface area contributed by atoms with Crippen LogP contribution in [0.5, 0.6) is 0 Å². The number of hydrogen-bond donors (Lipinski definition) is 1. The maximum atomic E-state index is 12.7. The lowest BCUT2D eigenvalue weighted by atomic mass is 10.1. The van der Waals surface area contributed by atoms with Crippen molar-refractivity contribution in [3.63, 3.8) is 0 Å². The number of carbonyl (C=O) groups excluding carboxylic acids is 1. The molecule has 18 heavy (non-hydrogen) atoms. The smallest absolute Gasteiger partial charge is 0.246 e. The molecular weight excluding hydrogens is 233 g/mol. The molecule has 1 saturated heterocycles. The summed E-state index contributed by atoms with van der Waals surface area (Å²) in [6, 6.07) is 5.97. The van der Waals surface area contributed by atoms with E-state index in [4.69, 9.17) is 0 Å². The Morgan fingerprint density at radius 2 is 1.89 bits per heavy atom. The van der Waals surface area contributed by atoms with Gasteiger partial charge < -0.3 is 10.0 Å². The van der Waals surface area contributed by atoms with Crippen LogP contribution in [0.25, 0.3) is 6.08 Å². The van der Waals surface area contributed by atoms with Crippen LogP contribution in [0, 0.1) is 5.82 Å². The molecule has 0 unspecified atom stereocenters. The maximum Gasteiger partial charge on any atom is 0.246 e. The summed E-state index contributed by atoms with van der Waals surface area (Å²) in [5.41, 5.74) is 0.793. The number of likely N-dealkylation sites (tertiary alicyclic amines) is 1. The molecule has 1 aromatic carbocycles. The molecule has 0 spiro atoms. The number of aliphatic hydroxyl groups excluding tert-OH is 1. The number of rotatable bonds is 2. The minimum absolute atomic E-state index is 0.0637. The first-order valence-corrected chi connectivity index (χ1v) is 6.06. The number of carbonyl (C=O) groups is 1. The molecule has 1 aliphatic heterocycles. The van der Waals surface area contributed by atoms with Crippen LogP contribution in [-0.2, 0) is 4.79 Å². The summed E-state index contributed by atoms with van der Waals surface area (Å²) in [5, 5.41) is 9.35. The quantitative estimate of drug-likeness (QED) is 0.812. The Hall–Kier alpha value is -1.68. The van der Waals surface area contributed by atoms with Crippen LogP contribution >= 0.6 is 0 Å². The van der Waals surface area contributed by atoms with Crippen molar-refractivity contribution in [2.24, 2.45) is 0 Å². The predicted molar refractivity (Wildman–Crippen MR) is 67.3 cm³/mol. The second-order valence-corrected chi connectivity index (χ2v) is 4.44. The van der Waals surface area contributed by atoms with Crippen molar-refractivity contribution in [3.8, 4) is 0 Å². The first-order valence-electron chi connectivity index (χ1n) is 6.06. The molecule has 96 valence electrons. The van der Waals surface area contributed by atoms with Crippen LogP contribution < -0.4 is 0 Å². The van der Waals surface area contributed by atoms with E-state index in [0.29, 0.717) is 25.9 Å². The second-order valence-electron chi connectivity index (χ2n) is 4.44. The van der Waals surface area contributed by atoms with Crippen LogP contribution in [-0.4, -0.2) is 35.1 Å². The van der Waals surface area contributed by atoms with E-state index in [1.54, 1.807) is 23.1 Å². The van der Waals surface area contributed by atoms with Gasteiger partial charge in [0.1, 0.15) is 5.82 Å². The van der Waals surface area contributed by atoms with Crippen LogP contribution in [0.15, 0.2) is 30.3 Å². The number of amides is 1. The van der Waals surface area contributed by atoms with Crippen LogP contribution in [0.1, 0.15) is 18.4 Å². The SMILES string of the molecule is O=C(/C=C/c1ccc(F)cc1)N1CCC(O)CC1. The number of nitrogens with zero attached hydrogens (tertiary/aromatic N) is 1. The normalized spacial score (nSPS) is 17.3. The lowest BCUT2D eigenvalue weighted by Gasteiger charge is -2.28. The van der Waals surface area contributed by atoms with E-state index < -0.39 is 0 Å². The first kappa shape index (κ1) is 12.8. The first-order chi connectivity index (χ1) is 8.65. The highest BCUT2D eigenvalue weighted by atomic mass is 19.1. The van der Waals surface area contributed by atoms with Gasteiger partial charge in [-0.25, -0.2) is 4.39 Å². The van der Waals surface area contributed by atoms with Gasteiger partial charge in [0.25, 0.3) is 0 Å². The third kappa shape index (κ3) is 3.40. The zero-order valence-electron chi connectivity index (χ0n) is 10.1. The number of halogens is 1. The highest BCUT2D eigenvalue weighted by Crippen LogP contribution is 2.11. The summed E-state index contributed by atoms with van der Waals surface area (Å²) >= 11 is 0. The molecule has 0 radical (unpaired) electrons. The monoisotopic (exact) mass is 249 g/mol. The van der Waals surface area contributed by atoms with E-state index >= 15 is 0 Å². The van der Waals surface area contributed by atoms with Gasteiger partial charge in [0, 0.05) is 19.2 Å². The van der Waals surface area contributed by atoms with Crippen molar-refractivity contribution in [2.75, 3.05) is 13.1 Å². The molecule has 2 rings (SSSR count). The standard InChI is InChI=1S/C14H16FNO2/c15-12-4-1-11(2-5-12)3-6-14(18)16-9-7-13(17)8-10-16/h1-6,13,17H,7-10H2/b6-3+. The molecule has 1 aromatic rings. The van der Waals surface area contributed by atoms with E-state index in [1.807, 2.05) is 0 Å². The zero-order valence-corrected chi connectivity index (χ0v) is 10.1. The molecule has 1 heterocycles. The molecule has 0 bridgehead atoms. The van der Waals surface area contributed by atoms with Gasteiger partial charge in [-0.2, -0.15) is 0 Å². The topological polar surface area (TPSA) is 40.5 Å². The molecule has 1 amide bonds. The zero-order chi connectivity index (χ0) is 13.0. The molecule has 0 saturated carbocycles. The average Bonchev–Trinajstić information content (AvgIpc) is 2.38. The second kappa shape index (κ2) is 5.78. The van der Waals surface area contributed by atoms with Crippen molar-refractivity contribution < 1.29 is 14.3 Å². The van der Waals surface area contributed by atoms with Crippen LogP contribution in [0.4, 0.5) is 4.39 Å². The maximum absolute atomic E-state index is 12.7. The van der Waals surface area contributed by atoms with Crippen molar-refractivity contribution in [1.29, 1.82) is 0 Å². The Morgan fingerprint density at radius 1 is 1.28 bits per heavy atom. The largest absolute Gasteiger partial charge is 0.393 e. The van der Waals surface area contributed by atoms with Gasteiger partial charge in [-0.05, 0) is 36.6 Å². The van der Waals surface area contributed by atoms with Crippen molar-refractivity contribution in [3.05, 3.63) is 41.7 Å². The van der Waals surface area contributed by atoms with Crippen molar-refractivity contribution in [2.45, 2.75) is 18.9 Å². The molecule has 1 fully saturated rings. The van der Waals surface area contributed by atoms with E-state index in [2.05, 4.69) is 0 Å². The summed E-state index contributed by atoms with van der Waals surface area (Å²) in [6.07, 6.45) is 4.15. The van der Waals surface area contributed by atoms with Crippen LogP contribution in [0.2, 0.25) is 0 Å². The average molecular weight is 249 g/mol. The molecule has 3 nitrogen and oxygen atoms in total. The molecule has 1 aliphatic rings. The Labute approximate surface area is 106 Å². The van der Waals surface area contributed by atoms with E-state index in [1.165, 1.54) is 18.2 Å². The van der Waals surface area contributed by atoms with Crippen molar-refractivity contribution >= 4 is 12.0 Å². The molecule has 1 N–H and O–H groups in total. The fourth-order valence-electron chi connectivity index (χ4n) is 1.93. The van der Waals surface area contributed by atoms with Gasteiger partial charge in [0.05, 0.1) is 6.10 Å². The Morgan fingerprint density at radius 3 is 2.50 bits per heavy atom. The summed E-state index contributed by atoms with van der Waals surface area (Å²) in [4.78, 5) is 13.5. The number of hydrogen-bond acceptors (Lipinski definition) is 2. The van der Waals surface area contributed by atoms with Crippen molar-refractivity contribution in [1.82, 2.24) is 4.90 Å². The minimum Gasteiger partial charge on any atom is -0.393 e. The third-order valence-electron chi connectivity index (χ3n) is 3.06. The molecule has 0 aromatic heterocycles. The Kier molecular flexibility index (Phi) is 4.10. The highest BCUT2D eigenvalue weighted by molar-refractivity contribution is 5.91. The minimum atomic E-state index is -0.288. The fraction of sp³-hybridized carbons (Fsp3) is 0.357.